The molecule has 0 amide bonds. The molecule has 0 fully saturated rings. The summed E-state index contributed by atoms with van der Waals surface area (Å²) in [6.07, 6.45) is -0.437. The van der Waals surface area contributed by atoms with E-state index in [0.717, 1.165) is 3.93 Å². The molecule has 0 aromatic rings. The summed E-state index contributed by atoms with van der Waals surface area (Å²) in [5, 5.41) is 9.42. The second kappa shape index (κ2) is 8.16. The van der Waals surface area contributed by atoms with Gasteiger partial charge < -0.3 is 0 Å². The molecule has 0 saturated heterocycles. The zero-order chi connectivity index (χ0) is 8.69. The van der Waals surface area contributed by atoms with Crippen LogP contribution in [0.3, 0.4) is 0 Å². The Bertz CT molecular complexity index is 93.9. The first kappa shape index (κ1) is 12.5. The Labute approximate surface area is 88.6 Å². The minimum absolute atomic E-state index is 0.00789. The van der Waals surface area contributed by atoms with Crippen molar-refractivity contribution in [2.24, 2.45) is 0 Å². The number of hydrogen-bond acceptors (Lipinski definition) is 3. The number of hydrogen-bond donors (Lipinski definition) is 1. The molecule has 0 heterocycles. The maximum atomic E-state index is 9.42. The summed E-state index contributed by atoms with van der Waals surface area (Å²) in [5.41, 5.74) is 0. The Morgan fingerprint density at radius 1 is 1.55 bits per heavy atom. The molecule has 0 spiro atoms. The van der Waals surface area contributed by atoms with Crippen molar-refractivity contribution in [2.45, 2.75) is 16.1 Å². The van der Waals surface area contributed by atoms with E-state index in [1.165, 1.54) is 0 Å². The monoisotopic (exact) mass is 462 g/mol. The summed E-state index contributed by atoms with van der Waals surface area (Å²) >= 11 is 1.77. The van der Waals surface area contributed by atoms with E-state index >= 15 is 0 Å². The van der Waals surface area contributed by atoms with E-state index in [-0.39, 0.29) is 6.10 Å². The van der Waals surface area contributed by atoms with E-state index in [9.17, 15) is 5.11 Å². The Hall–Kier alpha value is 1.55. The zero-order valence-corrected chi connectivity index (χ0v) is 14.6. The molecule has 0 bridgehead atoms. The summed E-state index contributed by atoms with van der Waals surface area (Å²) in [4.78, 5) is 0. The molecule has 1 N–H and O–H groups in total. The predicted octanol–water partition coefficient (Wildman–Crippen LogP) is 0.860. The topological polar surface area (TPSA) is 38.7 Å². The molecular formula is C6H13HgIO3. The van der Waals surface area contributed by atoms with E-state index in [1.54, 1.807) is 14.2 Å². The van der Waals surface area contributed by atoms with Crippen LogP contribution in [0.15, 0.2) is 0 Å². The van der Waals surface area contributed by atoms with Crippen LogP contribution in [0.1, 0.15) is 0 Å². The van der Waals surface area contributed by atoms with Crippen molar-refractivity contribution in [1.82, 2.24) is 0 Å². The Balaban J connectivity index is 3.61. The first-order valence-electron chi connectivity index (χ1n) is 3.52. The molecular weight excluding hydrogens is 448 g/mol. The molecule has 64 valence electrons. The number of ether oxygens (including phenoxy) is 2. The van der Waals surface area contributed by atoms with E-state index in [1.807, 2.05) is 0 Å². The third kappa shape index (κ3) is 5.73. The van der Waals surface area contributed by atoms with Crippen molar-refractivity contribution in [3.05, 3.63) is 0 Å². The van der Waals surface area contributed by atoms with Crippen molar-refractivity contribution in [2.75, 3.05) is 20.8 Å². The standard InChI is InChI=1S/C6H13O3.Hg.HI/c1-5(9-3)6(7)4-8-2;;/h5-7H,1,4H2,2-3H3;;1H/q;+1;/p-1. The molecule has 0 aromatic carbocycles. The van der Waals surface area contributed by atoms with E-state index in [2.05, 4.69) is 17.7 Å². The molecule has 2 unspecified atom stereocenters. The van der Waals surface area contributed by atoms with Gasteiger partial charge in [-0.1, -0.05) is 0 Å². The number of methoxy groups -OCH3 is 2. The Morgan fingerprint density at radius 3 is 2.55 bits per heavy atom. The number of aliphatic hydroxyl groups excluding tert-OH is 1. The third-order valence-electron chi connectivity index (χ3n) is 1.46. The summed E-state index contributed by atoms with van der Waals surface area (Å²) in [7, 11) is 3.23. The van der Waals surface area contributed by atoms with E-state index in [4.69, 9.17) is 9.47 Å². The van der Waals surface area contributed by atoms with Gasteiger partial charge in [-0.25, -0.2) is 0 Å². The van der Waals surface area contributed by atoms with Crippen molar-refractivity contribution < 1.29 is 34.8 Å². The number of halogens is 1. The molecule has 0 aliphatic rings. The van der Waals surface area contributed by atoms with Crippen LogP contribution in [-0.2, 0) is 29.7 Å². The molecule has 0 aliphatic heterocycles. The second-order valence-electron chi connectivity index (χ2n) is 2.27. The van der Waals surface area contributed by atoms with Gasteiger partial charge in [-0.05, 0) is 0 Å². The summed E-state index contributed by atoms with van der Waals surface area (Å²) in [6.45, 7) is 0.378. The van der Waals surface area contributed by atoms with Crippen LogP contribution >= 0.6 is 17.7 Å². The van der Waals surface area contributed by atoms with Crippen molar-refractivity contribution in [3.8, 4) is 0 Å². The van der Waals surface area contributed by atoms with Crippen molar-refractivity contribution in [3.63, 3.8) is 0 Å². The normalized spacial score (nSPS) is 15.6. The van der Waals surface area contributed by atoms with Crippen LogP contribution in [0.2, 0.25) is 3.93 Å². The van der Waals surface area contributed by atoms with Gasteiger partial charge in [-0.3, -0.25) is 0 Å². The number of aliphatic hydroxyl groups is 1. The van der Waals surface area contributed by atoms with Gasteiger partial charge in [-0.15, -0.1) is 0 Å². The van der Waals surface area contributed by atoms with Crippen LogP contribution in [-0.4, -0.2) is 38.1 Å². The van der Waals surface area contributed by atoms with Crippen LogP contribution in [0, 0.1) is 0 Å². The van der Waals surface area contributed by atoms with Gasteiger partial charge in [-0.2, -0.15) is 0 Å². The molecule has 0 rings (SSSR count). The van der Waals surface area contributed by atoms with Gasteiger partial charge in [0.1, 0.15) is 0 Å². The molecule has 0 aliphatic carbocycles. The molecule has 3 nitrogen and oxygen atoms in total. The van der Waals surface area contributed by atoms with Crippen LogP contribution in [0.4, 0.5) is 0 Å². The predicted molar refractivity (Wildman–Crippen MR) is 47.5 cm³/mol. The fourth-order valence-electron chi connectivity index (χ4n) is 0.853. The van der Waals surface area contributed by atoms with Gasteiger partial charge in [0.05, 0.1) is 0 Å². The summed E-state index contributed by atoms with van der Waals surface area (Å²) in [6, 6.07) is 0. The quantitative estimate of drug-likeness (QED) is 0.472. The van der Waals surface area contributed by atoms with E-state index in [0.29, 0.717) is 6.61 Å². The first-order valence-corrected chi connectivity index (χ1v) is 22.9. The number of rotatable bonds is 6. The third-order valence-corrected chi connectivity index (χ3v) is 9.99. The van der Waals surface area contributed by atoms with E-state index < -0.39 is 26.4 Å². The van der Waals surface area contributed by atoms with Gasteiger partial charge in [0.25, 0.3) is 0 Å². The average molecular weight is 461 g/mol. The van der Waals surface area contributed by atoms with Crippen LogP contribution < -0.4 is 0 Å². The summed E-state index contributed by atoms with van der Waals surface area (Å²) < 4.78 is 11.0. The SMILES string of the molecule is COCC(O)C([CH2][Hg][I])OC. The minimum atomic E-state index is -0.710. The second-order valence-corrected chi connectivity index (χ2v) is 15.5. The molecule has 5 heteroatoms. The zero-order valence-electron chi connectivity index (χ0n) is 6.92. The summed E-state index contributed by atoms with van der Waals surface area (Å²) in [5.74, 6) is 0. The first-order chi connectivity index (χ1) is 5.26. The fourth-order valence-corrected chi connectivity index (χ4v) is 9.49. The van der Waals surface area contributed by atoms with Crippen molar-refractivity contribution >= 4 is 17.7 Å². The van der Waals surface area contributed by atoms with Crippen LogP contribution in [0.25, 0.3) is 0 Å². The van der Waals surface area contributed by atoms with Crippen LogP contribution in [0.5, 0.6) is 0 Å². The molecule has 0 radical (unpaired) electrons. The molecule has 2 atom stereocenters. The molecule has 0 aromatic heterocycles. The van der Waals surface area contributed by atoms with Gasteiger partial charge in [0.2, 0.25) is 0 Å². The Morgan fingerprint density at radius 2 is 2.18 bits per heavy atom. The maximum absolute atomic E-state index is 9.42. The van der Waals surface area contributed by atoms with Gasteiger partial charge in [0.15, 0.2) is 0 Å². The molecule has 0 saturated carbocycles. The Kier molecular flexibility index (Phi) is 9.30. The average Bonchev–Trinajstić information content (AvgIpc) is 2.00. The molecule has 11 heavy (non-hydrogen) atoms. The fraction of sp³-hybridized carbons (Fsp3) is 1.00. The van der Waals surface area contributed by atoms with Crippen molar-refractivity contribution in [1.29, 1.82) is 0 Å². The van der Waals surface area contributed by atoms with Gasteiger partial charge in [0, 0.05) is 0 Å². The van der Waals surface area contributed by atoms with Gasteiger partial charge >= 0.3 is 89.5 Å².